The van der Waals surface area contributed by atoms with Crippen molar-refractivity contribution in [1.29, 1.82) is 0 Å². The SMILES string of the molecule is COc1cc(C(=O)Nc2ccc(NC(C)=O)cc2C(F)(F)F)ccc1OC(F)F. The van der Waals surface area contributed by atoms with E-state index < -0.39 is 35.9 Å². The van der Waals surface area contributed by atoms with Gasteiger partial charge in [0.15, 0.2) is 11.5 Å². The van der Waals surface area contributed by atoms with Gasteiger partial charge in [0.05, 0.1) is 18.4 Å². The topological polar surface area (TPSA) is 76.7 Å². The Morgan fingerprint density at radius 3 is 2.24 bits per heavy atom. The molecule has 29 heavy (non-hydrogen) atoms. The lowest BCUT2D eigenvalue weighted by Crippen LogP contribution is -2.17. The van der Waals surface area contributed by atoms with Crippen LogP contribution < -0.4 is 20.1 Å². The predicted octanol–water partition coefficient (Wildman–Crippen LogP) is 4.53. The normalized spacial score (nSPS) is 11.2. The number of hydrogen-bond donors (Lipinski definition) is 2. The van der Waals surface area contributed by atoms with Crippen molar-refractivity contribution >= 4 is 23.2 Å². The number of rotatable bonds is 6. The molecule has 0 aliphatic carbocycles. The fourth-order valence-corrected chi connectivity index (χ4v) is 2.37. The van der Waals surface area contributed by atoms with Crippen LogP contribution in [0.25, 0.3) is 0 Å². The number of halogens is 5. The zero-order valence-electron chi connectivity index (χ0n) is 15.1. The molecule has 0 spiro atoms. The molecule has 0 bridgehead atoms. The molecule has 2 aromatic carbocycles. The average molecular weight is 418 g/mol. The second kappa shape index (κ2) is 8.76. The summed E-state index contributed by atoms with van der Waals surface area (Å²) in [6, 6.07) is 6.02. The van der Waals surface area contributed by atoms with Crippen molar-refractivity contribution in [3.63, 3.8) is 0 Å². The summed E-state index contributed by atoms with van der Waals surface area (Å²) in [4.78, 5) is 23.4. The van der Waals surface area contributed by atoms with Crippen molar-refractivity contribution in [2.45, 2.75) is 19.7 Å². The maximum Gasteiger partial charge on any atom is 0.418 e. The Labute approximate surface area is 161 Å². The number of carbonyl (C=O) groups excluding carboxylic acids is 2. The fraction of sp³-hybridized carbons (Fsp3) is 0.222. The molecule has 2 rings (SSSR count). The molecule has 156 valence electrons. The number of alkyl halides is 5. The van der Waals surface area contributed by atoms with E-state index in [1.807, 2.05) is 0 Å². The summed E-state index contributed by atoms with van der Waals surface area (Å²) < 4.78 is 73.8. The summed E-state index contributed by atoms with van der Waals surface area (Å²) in [5.74, 6) is -2.04. The molecular weight excluding hydrogens is 403 g/mol. The summed E-state index contributed by atoms with van der Waals surface area (Å²) >= 11 is 0. The maximum atomic E-state index is 13.3. The molecule has 2 aromatic rings. The molecule has 2 amide bonds. The summed E-state index contributed by atoms with van der Waals surface area (Å²) in [6.07, 6.45) is -4.82. The Morgan fingerprint density at radius 2 is 1.69 bits per heavy atom. The molecule has 0 saturated carbocycles. The number of methoxy groups -OCH3 is 1. The lowest BCUT2D eigenvalue weighted by atomic mass is 10.1. The Morgan fingerprint density at radius 1 is 1.00 bits per heavy atom. The third kappa shape index (κ3) is 5.80. The van der Waals surface area contributed by atoms with Crippen LogP contribution in [0.15, 0.2) is 36.4 Å². The maximum absolute atomic E-state index is 13.3. The lowest BCUT2D eigenvalue weighted by molar-refractivity contribution is -0.137. The zero-order valence-corrected chi connectivity index (χ0v) is 15.1. The van der Waals surface area contributed by atoms with E-state index in [0.29, 0.717) is 6.07 Å². The van der Waals surface area contributed by atoms with Crippen LogP contribution in [0, 0.1) is 0 Å². The van der Waals surface area contributed by atoms with Crippen LogP contribution in [0.1, 0.15) is 22.8 Å². The first-order chi connectivity index (χ1) is 13.5. The van der Waals surface area contributed by atoms with Crippen LogP contribution in [0.4, 0.5) is 33.3 Å². The minimum Gasteiger partial charge on any atom is -0.493 e. The highest BCUT2D eigenvalue weighted by Gasteiger charge is 2.34. The lowest BCUT2D eigenvalue weighted by Gasteiger charge is -2.16. The molecule has 0 radical (unpaired) electrons. The van der Waals surface area contributed by atoms with Crippen LogP contribution in [-0.2, 0) is 11.0 Å². The van der Waals surface area contributed by atoms with Gasteiger partial charge in [0, 0.05) is 18.2 Å². The van der Waals surface area contributed by atoms with Crippen molar-refractivity contribution in [2.24, 2.45) is 0 Å². The highest BCUT2D eigenvalue weighted by Crippen LogP contribution is 2.37. The fourth-order valence-electron chi connectivity index (χ4n) is 2.37. The van der Waals surface area contributed by atoms with Gasteiger partial charge in [-0.3, -0.25) is 9.59 Å². The van der Waals surface area contributed by atoms with Crippen molar-refractivity contribution in [1.82, 2.24) is 0 Å². The van der Waals surface area contributed by atoms with E-state index in [1.54, 1.807) is 0 Å². The molecule has 0 saturated heterocycles. The van der Waals surface area contributed by atoms with Crippen LogP contribution in [0.3, 0.4) is 0 Å². The standard InChI is InChI=1S/C18H15F5N2O4/c1-9(26)24-11-4-5-13(12(8-11)18(21,22)23)25-16(27)10-3-6-14(29-17(19)20)15(7-10)28-2/h3-8,17H,1-2H3,(H,24,26)(H,25,27). The predicted molar refractivity (Wildman–Crippen MR) is 93.3 cm³/mol. The first-order valence-corrected chi connectivity index (χ1v) is 7.94. The van der Waals surface area contributed by atoms with Gasteiger partial charge in [-0.1, -0.05) is 0 Å². The molecule has 0 unspecified atom stereocenters. The van der Waals surface area contributed by atoms with Gasteiger partial charge in [-0.2, -0.15) is 22.0 Å². The molecule has 0 fully saturated rings. The Hall–Kier alpha value is -3.37. The van der Waals surface area contributed by atoms with Crippen LogP contribution >= 0.6 is 0 Å². The van der Waals surface area contributed by atoms with E-state index in [0.717, 1.165) is 38.3 Å². The van der Waals surface area contributed by atoms with Gasteiger partial charge in [-0.05, 0) is 36.4 Å². The van der Waals surface area contributed by atoms with E-state index >= 15 is 0 Å². The first kappa shape index (κ1) is 21.9. The van der Waals surface area contributed by atoms with Gasteiger partial charge in [0.1, 0.15) is 0 Å². The Bertz CT molecular complexity index is 916. The molecular formula is C18H15F5N2O4. The van der Waals surface area contributed by atoms with Gasteiger partial charge in [0.2, 0.25) is 5.91 Å². The number of benzene rings is 2. The second-order valence-corrected chi connectivity index (χ2v) is 5.64. The number of hydrogen-bond acceptors (Lipinski definition) is 4. The largest absolute Gasteiger partial charge is 0.493 e. The summed E-state index contributed by atoms with van der Waals surface area (Å²) in [7, 11) is 1.15. The zero-order chi connectivity index (χ0) is 21.8. The quantitative estimate of drug-likeness (QED) is 0.676. The van der Waals surface area contributed by atoms with Crippen molar-refractivity contribution in [3.05, 3.63) is 47.5 Å². The van der Waals surface area contributed by atoms with Gasteiger partial charge in [-0.25, -0.2) is 0 Å². The summed E-state index contributed by atoms with van der Waals surface area (Å²) in [5, 5.41) is 4.33. The van der Waals surface area contributed by atoms with Crippen LogP contribution in [0.5, 0.6) is 11.5 Å². The Balaban J connectivity index is 2.33. The molecule has 6 nitrogen and oxygen atoms in total. The van der Waals surface area contributed by atoms with Crippen molar-refractivity contribution < 1.29 is 41.0 Å². The van der Waals surface area contributed by atoms with E-state index in [1.165, 1.54) is 6.07 Å². The summed E-state index contributed by atoms with van der Waals surface area (Å²) in [6.45, 7) is -1.99. The number of ether oxygens (including phenoxy) is 2. The number of nitrogens with one attached hydrogen (secondary N) is 2. The molecule has 2 N–H and O–H groups in total. The van der Waals surface area contributed by atoms with Gasteiger partial charge in [0.25, 0.3) is 5.91 Å². The van der Waals surface area contributed by atoms with Crippen LogP contribution in [-0.4, -0.2) is 25.5 Å². The third-order valence-electron chi connectivity index (χ3n) is 3.54. The molecule has 11 heteroatoms. The molecule has 0 atom stereocenters. The number of anilines is 2. The average Bonchev–Trinajstić information content (AvgIpc) is 2.61. The monoisotopic (exact) mass is 418 g/mol. The summed E-state index contributed by atoms with van der Waals surface area (Å²) in [5.41, 5.74) is -1.98. The molecule has 0 aliphatic rings. The minimum atomic E-state index is -4.82. The van der Waals surface area contributed by atoms with Gasteiger partial charge in [-0.15, -0.1) is 0 Å². The first-order valence-electron chi connectivity index (χ1n) is 7.94. The number of amides is 2. The smallest absolute Gasteiger partial charge is 0.418 e. The second-order valence-electron chi connectivity index (χ2n) is 5.64. The molecule has 0 aromatic heterocycles. The number of carbonyl (C=O) groups is 2. The third-order valence-corrected chi connectivity index (χ3v) is 3.54. The minimum absolute atomic E-state index is 0.0991. The highest BCUT2D eigenvalue weighted by atomic mass is 19.4. The van der Waals surface area contributed by atoms with E-state index in [2.05, 4.69) is 15.4 Å². The highest BCUT2D eigenvalue weighted by molar-refractivity contribution is 6.05. The molecule has 0 heterocycles. The van der Waals surface area contributed by atoms with Crippen molar-refractivity contribution in [2.75, 3.05) is 17.7 Å². The van der Waals surface area contributed by atoms with Gasteiger partial charge >= 0.3 is 12.8 Å². The van der Waals surface area contributed by atoms with Gasteiger partial charge < -0.3 is 20.1 Å². The van der Waals surface area contributed by atoms with E-state index in [4.69, 9.17) is 4.74 Å². The van der Waals surface area contributed by atoms with Crippen LogP contribution in [0.2, 0.25) is 0 Å². The molecule has 0 aliphatic heterocycles. The van der Waals surface area contributed by atoms with E-state index in [-0.39, 0.29) is 22.7 Å². The van der Waals surface area contributed by atoms with E-state index in [9.17, 15) is 31.5 Å². The Kier molecular flexibility index (Phi) is 6.62. The van der Waals surface area contributed by atoms with Crippen molar-refractivity contribution in [3.8, 4) is 11.5 Å².